The summed E-state index contributed by atoms with van der Waals surface area (Å²) in [5, 5.41) is 0.388. The Morgan fingerprint density at radius 3 is 2.70 bits per heavy atom. The maximum atomic E-state index is 11.9. The number of hydrogen-bond acceptors (Lipinski definition) is 2. The molecular weight excluding hydrogens is 328 g/mol. The molecule has 0 radical (unpaired) electrons. The van der Waals surface area contributed by atoms with Gasteiger partial charge in [0.25, 0.3) is 0 Å². The molecule has 0 unspecified atom stereocenters. The molecule has 124 valence electrons. The summed E-state index contributed by atoms with van der Waals surface area (Å²) in [5.41, 5.74) is 1.34. The van der Waals surface area contributed by atoms with Gasteiger partial charge in [-0.15, -0.1) is 0 Å². The first-order valence-corrected chi connectivity index (χ1v) is 9.82. The van der Waals surface area contributed by atoms with Crippen LogP contribution in [0.5, 0.6) is 0 Å². The van der Waals surface area contributed by atoms with E-state index in [4.69, 9.17) is 11.6 Å². The molecule has 0 bridgehead atoms. The lowest BCUT2D eigenvalue weighted by Gasteiger charge is -2.56. The Hall–Kier alpha value is -0.670. The number of hydrogen-bond donors (Lipinski definition) is 0. The highest BCUT2D eigenvalue weighted by Crippen LogP contribution is 2.63. The summed E-state index contributed by atoms with van der Waals surface area (Å²) in [6.45, 7) is 4.59. The van der Waals surface area contributed by atoms with Crippen LogP contribution in [-0.4, -0.2) is 14.9 Å². The van der Waals surface area contributed by atoms with Crippen LogP contribution in [0, 0.1) is 28.6 Å². The second-order valence-corrected chi connectivity index (χ2v) is 9.29. The molecule has 4 aliphatic carbocycles. The molecule has 0 heterocycles. The molecule has 0 aromatic heterocycles. The smallest absolute Gasteiger partial charge is 0.196 e. The zero-order valence-corrected chi connectivity index (χ0v) is 15.3. The monoisotopic (exact) mass is 350 g/mol. The van der Waals surface area contributed by atoms with Crippen LogP contribution in [0.15, 0.2) is 22.8 Å². The van der Waals surface area contributed by atoms with Crippen LogP contribution in [0.25, 0.3) is 0 Å². The van der Waals surface area contributed by atoms with Crippen LogP contribution in [0.1, 0.15) is 52.4 Å². The van der Waals surface area contributed by atoms with Gasteiger partial charge in [0.1, 0.15) is 0 Å². The van der Waals surface area contributed by atoms with Gasteiger partial charge in [-0.2, -0.15) is 0 Å². The van der Waals surface area contributed by atoms with Crippen LogP contribution < -0.4 is 0 Å². The molecule has 4 rings (SSSR count). The fourth-order valence-electron chi connectivity index (χ4n) is 6.16. The van der Waals surface area contributed by atoms with Gasteiger partial charge in [-0.3, -0.25) is 4.79 Å². The average Bonchev–Trinajstić information content (AvgIpc) is 2.85. The lowest BCUT2D eigenvalue weighted by Crippen LogP contribution is -2.49. The Morgan fingerprint density at radius 1 is 1.17 bits per heavy atom. The number of carbonyl (C=O) groups excluding carboxylic acids is 1. The molecule has 4 heteroatoms. The summed E-state index contributed by atoms with van der Waals surface area (Å²) in [6.07, 6.45) is 10.4. The highest BCUT2D eigenvalue weighted by atomic mass is 35.5. The van der Waals surface area contributed by atoms with E-state index in [1.807, 2.05) is 6.08 Å². The van der Waals surface area contributed by atoms with Crippen LogP contribution in [0.2, 0.25) is 0 Å². The minimum absolute atomic E-state index is 0.0301. The largest absolute Gasteiger partial charge is 0.288 e. The van der Waals surface area contributed by atoms with E-state index in [1.54, 1.807) is 6.08 Å². The summed E-state index contributed by atoms with van der Waals surface area (Å²) < 4.78 is 11.5. The number of carbonyl (C=O) groups is 1. The van der Waals surface area contributed by atoms with E-state index in [0.717, 1.165) is 49.8 Å². The Morgan fingerprint density at radius 2 is 1.96 bits per heavy atom. The number of ketones is 1. The fraction of sp³-hybridized carbons (Fsp3) is 0.684. The van der Waals surface area contributed by atoms with Gasteiger partial charge in [0, 0.05) is 15.7 Å². The van der Waals surface area contributed by atoms with E-state index in [-0.39, 0.29) is 16.6 Å². The summed E-state index contributed by atoms with van der Waals surface area (Å²) >= 11 is 6.97. The summed E-state index contributed by atoms with van der Waals surface area (Å²) in [7, 11) is 0. The quantitative estimate of drug-likeness (QED) is 0.612. The van der Waals surface area contributed by atoms with Crippen LogP contribution in [0.3, 0.4) is 0 Å². The van der Waals surface area contributed by atoms with Gasteiger partial charge in [-0.25, -0.2) is 4.21 Å². The first-order chi connectivity index (χ1) is 10.9. The third-order valence-electron chi connectivity index (χ3n) is 7.42. The van der Waals surface area contributed by atoms with Crippen LogP contribution in [-0.2, 0) is 16.1 Å². The molecular formula is C19H23ClO2S. The second-order valence-electron chi connectivity index (χ2n) is 8.23. The number of allylic oxidation sites excluding steroid dienone is 4. The van der Waals surface area contributed by atoms with Crippen LogP contribution in [0.4, 0.5) is 0 Å². The lowest BCUT2D eigenvalue weighted by molar-refractivity contribution is -0.111. The van der Waals surface area contributed by atoms with Crippen molar-refractivity contribution in [2.45, 2.75) is 52.4 Å². The van der Waals surface area contributed by atoms with Gasteiger partial charge in [0.2, 0.25) is 0 Å². The molecule has 0 aromatic rings. The minimum Gasteiger partial charge on any atom is -0.288 e. The van der Waals surface area contributed by atoms with E-state index >= 15 is 0 Å². The molecule has 3 fully saturated rings. The molecule has 0 amide bonds. The van der Waals surface area contributed by atoms with Gasteiger partial charge in [0.15, 0.2) is 5.78 Å². The number of halogens is 1. The predicted octanol–water partition coefficient (Wildman–Crippen LogP) is 4.25. The van der Waals surface area contributed by atoms with E-state index in [9.17, 15) is 9.00 Å². The van der Waals surface area contributed by atoms with Gasteiger partial charge in [-0.05, 0) is 62.4 Å². The minimum atomic E-state index is -0.0669. The molecule has 0 N–H and O–H groups in total. The topological polar surface area (TPSA) is 34.1 Å². The predicted molar refractivity (Wildman–Crippen MR) is 94.6 cm³/mol. The van der Waals surface area contributed by atoms with Crippen molar-refractivity contribution in [3.63, 3.8) is 0 Å². The average molecular weight is 351 g/mol. The van der Waals surface area contributed by atoms with Crippen molar-refractivity contribution in [2.24, 2.45) is 28.6 Å². The Balaban J connectivity index is 1.74. The van der Waals surface area contributed by atoms with Gasteiger partial charge in [-0.1, -0.05) is 37.1 Å². The summed E-state index contributed by atoms with van der Waals surface area (Å²) in [4.78, 5) is 13.1. The lowest BCUT2D eigenvalue weighted by atomic mass is 9.48. The highest BCUT2D eigenvalue weighted by molar-refractivity contribution is 7.66. The van der Waals surface area contributed by atoms with Crippen molar-refractivity contribution < 1.29 is 9.00 Å². The van der Waals surface area contributed by atoms with E-state index in [0.29, 0.717) is 22.8 Å². The first-order valence-electron chi connectivity index (χ1n) is 8.70. The molecule has 23 heavy (non-hydrogen) atoms. The first kappa shape index (κ1) is 15.8. The molecule has 0 saturated heterocycles. The Kier molecular flexibility index (Phi) is 3.55. The zero-order chi connectivity index (χ0) is 16.4. The maximum absolute atomic E-state index is 11.9. The second kappa shape index (κ2) is 5.16. The Bertz CT molecular complexity index is 702. The van der Waals surface area contributed by atoms with Crippen molar-refractivity contribution in [1.82, 2.24) is 0 Å². The fourth-order valence-corrected chi connectivity index (χ4v) is 7.09. The van der Waals surface area contributed by atoms with E-state index in [2.05, 4.69) is 13.8 Å². The molecule has 2 nitrogen and oxygen atoms in total. The molecule has 4 aliphatic rings. The van der Waals surface area contributed by atoms with Crippen molar-refractivity contribution in [1.29, 1.82) is 0 Å². The van der Waals surface area contributed by atoms with Crippen molar-refractivity contribution >= 4 is 33.5 Å². The van der Waals surface area contributed by atoms with Crippen molar-refractivity contribution in [3.05, 3.63) is 22.8 Å². The number of fused-ring (bicyclic) bond motifs is 5. The third kappa shape index (κ3) is 2.05. The molecule has 3 saturated carbocycles. The third-order valence-corrected chi connectivity index (χ3v) is 8.59. The van der Waals surface area contributed by atoms with Gasteiger partial charge < -0.3 is 0 Å². The van der Waals surface area contributed by atoms with E-state index < -0.39 is 0 Å². The van der Waals surface area contributed by atoms with Gasteiger partial charge >= 0.3 is 0 Å². The molecule has 0 spiro atoms. The summed E-state index contributed by atoms with van der Waals surface area (Å²) in [6, 6.07) is 0. The van der Waals surface area contributed by atoms with Crippen LogP contribution >= 0.6 is 11.6 Å². The zero-order valence-electron chi connectivity index (χ0n) is 13.7. The Labute approximate surface area is 146 Å². The van der Waals surface area contributed by atoms with Gasteiger partial charge in [0.05, 0.1) is 16.3 Å². The molecule has 5 atom stereocenters. The maximum Gasteiger partial charge on any atom is 0.196 e. The standard InChI is InChI=1S/C19H23ClO2S/c1-18-8-7-14-12(13(18)5-6-17(18)23-22)4-3-11-9-16(21)15(20)10-19(11,14)2/h9-10,12-14H,3-8H2,1-2H3/t12-,13-,14-,18-,19-/m0/s1. The highest BCUT2D eigenvalue weighted by Gasteiger charge is 2.57. The van der Waals surface area contributed by atoms with E-state index in [1.165, 1.54) is 10.4 Å². The summed E-state index contributed by atoms with van der Waals surface area (Å²) in [5.74, 6) is 1.80. The molecule has 0 aliphatic heterocycles. The number of rotatable bonds is 0. The normalized spacial score (nSPS) is 45.6. The SMILES string of the molecule is C[C@]12C=C(Cl)C(=O)C=C1CC[C@@H]1[C@@H]2CC[C@]2(C)C(=S=O)CC[C@@H]12. The van der Waals surface area contributed by atoms with Crippen molar-refractivity contribution in [3.8, 4) is 0 Å². The molecule has 0 aromatic carbocycles. The van der Waals surface area contributed by atoms with Crippen molar-refractivity contribution in [2.75, 3.05) is 0 Å².